The van der Waals surface area contributed by atoms with Crippen LogP contribution in [0.25, 0.3) is 0 Å². The molecule has 0 aliphatic carbocycles. The Balaban J connectivity index is 1.45. The van der Waals surface area contributed by atoms with E-state index in [-0.39, 0.29) is 41.9 Å². The first-order valence-corrected chi connectivity index (χ1v) is 13.1. The Morgan fingerprint density at radius 2 is 1.13 bits per heavy atom. The molecule has 166 valence electrons. The zero-order valence-corrected chi connectivity index (χ0v) is 19.0. The predicted molar refractivity (Wildman–Crippen MR) is 117 cm³/mol. The SMILES string of the molecule is O=C1CCCN1c1ccc(S(=O)(=O)N2CCN(S(=O)(=O)c3ccc(Cl)cc3)CC2)cc1. The molecule has 1 amide bonds. The van der Waals surface area contributed by atoms with Crippen molar-refractivity contribution in [1.29, 1.82) is 0 Å². The monoisotopic (exact) mass is 483 g/mol. The zero-order chi connectivity index (χ0) is 22.2. The van der Waals surface area contributed by atoms with Crippen molar-refractivity contribution >= 4 is 43.2 Å². The summed E-state index contributed by atoms with van der Waals surface area (Å²) in [4.78, 5) is 13.8. The molecule has 11 heteroatoms. The Kier molecular flexibility index (Phi) is 6.10. The van der Waals surface area contributed by atoms with Gasteiger partial charge in [-0.1, -0.05) is 11.6 Å². The third-order valence-corrected chi connectivity index (χ3v) is 9.59. The second kappa shape index (κ2) is 8.51. The highest BCUT2D eigenvalue weighted by atomic mass is 35.5. The molecular formula is C20H22ClN3O5S2. The van der Waals surface area contributed by atoms with Crippen LogP contribution in [-0.4, -0.2) is 64.1 Å². The van der Waals surface area contributed by atoms with Crippen molar-refractivity contribution in [2.24, 2.45) is 0 Å². The highest BCUT2D eigenvalue weighted by Crippen LogP contribution is 2.26. The van der Waals surface area contributed by atoms with Gasteiger partial charge in [0.25, 0.3) is 0 Å². The molecule has 2 saturated heterocycles. The smallest absolute Gasteiger partial charge is 0.243 e. The molecule has 8 nitrogen and oxygen atoms in total. The molecule has 2 aliphatic rings. The van der Waals surface area contributed by atoms with E-state index < -0.39 is 20.0 Å². The van der Waals surface area contributed by atoms with Gasteiger partial charge in [-0.25, -0.2) is 16.8 Å². The van der Waals surface area contributed by atoms with Gasteiger partial charge in [-0.2, -0.15) is 8.61 Å². The van der Waals surface area contributed by atoms with E-state index >= 15 is 0 Å². The minimum absolute atomic E-state index is 0.0358. The van der Waals surface area contributed by atoms with Gasteiger partial charge in [-0.15, -0.1) is 0 Å². The number of benzene rings is 2. The van der Waals surface area contributed by atoms with Crippen LogP contribution in [0, 0.1) is 0 Å². The normalized spacial score (nSPS) is 19.1. The lowest BCUT2D eigenvalue weighted by Crippen LogP contribution is -2.50. The number of hydrogen-bond donors (Lipinski definition) is 0. The number of rotatable bonds is 5. The molecule has 0 saturated carbocycles. The largest absolute Gasteiger partial charge is 0.312 e. The Morgan fingerprint density at radius 1 is 0.677 bits per heavy atom. The molecule has 4 rings (SSSR count). The van der Waals surface area contributed by atoms with Crippen LogP contribution in [0.1, 0.15) is 12.8 Å². The maximum Gasteiger partial charge on any atom is 0.243 e. The van der Waals surface area contributed by atoms with Gasteiger partial charge in [0.2, 0.25) is 26.0 Å². The first-order chi connectivity index (χ1) is 14.7. The molecule has 0 radical (unpaired) electrons. The number of hydrogen-bond acceptors (Lipinski definition) is 5. The van der Waals surface area contributed by atoms with Crippen molar-refractivity contribution < 1.29 is 21.6 Å². The average molecular weight is 484 g/mol. The van der Waals surface area contributed by atoms with Crippen LogP contribution in [-0.2, 0) is 24.8 Å². The van der Waals surface area contributed by atoms with Gasteiger partial charge in [-0.3, -0.25) is 4.79 Å². The number of carbonyl (C=O) groups is 1. The van der Waals surface area contributed by atoms with Crippen LogP contribution in [0.2, 0.25) is 5.02 Å². The van der Waals surface area contributed by atoms with E-state index in [1.807, 2.05) is 0 Å². The van der Waals surface area contributed by atoms with E-state index in [0.29, 0.717) is 23.7 Å². The molecule has 2 aromatic carbocycles. The molecule has 2 aromatic rings. The second-order valence-electron chi connectivity index (χ2n) is 7.40. The van der Waals surface area contributed by atoms with Gasteiger partial charge in [0.15, 0.2) is 0 Å². The van der Waals surface area contributed by atoms with Crippen molar-refractivity contribution in [2.75, 3.05) is 37.6 Å². The minimum Gasteiger partial charge on any atom is -0.312 e. The summed E-state index contributed by atoms with van der Waals surface area (Å²) in [5.41, 5.74) is 0.681. The van der Waals surface area contributed by atoms with Crippen LogP contribution in [0.4, 0.5) is 5.69 Å². The summed E-state index contributed by atoms with van der Waals surface area (Å²) in [5.74, 6) is 0.0358. The molecule has 0 spiro atoms. The fourth-order valence-corrected chi connectivity index (χ4v) is 6.74. The van der Waals surface area contributed by atoms with Crippen molar-refractivity contribution in [2.45, 2.75) is 22.6 Å². The standard InChI is InChI=1S/C20H22ClN3O5S2/c21-16-3-7-18(8-4-16)30(26,27)22-12-14-23(15-13-22)31(28,29)19-9-5-17(6-10-19)24-11-1-2-20(24)25/h3-10H,1-2,11-15H2. The van der Waals surface area contributed by atoms with Gasteiger partial charge < -0.3 is 4.90 Å². The zero-order valence-electron chi connectivity index (χ0n) is 16.6. The maximum absolute atomic E-state index is 13.0. The molecular weight excluding hydrogens is 462 g/mol. The number of anilines is 1. The molecule has 0 aromatic heterocycles. The summed E-state index contributed by atoms with van der Waals surface area (Å²) in [6.07, 6.45) is 1.30. The first-order valence-electron chi connectivity index (χ1n) is 9.86. The fourth-order valence-electron chi connectivity index (χ4n) is 3.77. The summed E-state index contributed by atoms with van der Waals surface area (Å²) in [6, 6.07) is 12.2. The van der Waals surface area contributed by atoms with Gasteiger partial charge in [0.1, 0.15) is 0 Å². The summed E-state index contributed by atoms with van der Waals surface area (Å²) < 4.78 is 54.2. The summed E-state index contributed by atoms with van der Waals surface area (Å²) >= 11 is 5.83. The quantitative estimate of drug-likeness (QED) is 0.649. The highest BCUT2D eigenvalue weighted by molar-refractivity contribution is 7.89. The Bertz CT molecular complexity index is 1170. The average Bonchev–Trinajstić information content (AvgIpc) is 3.20. The van der Waals surface area contributed by atoms with E-state index in [1.165, 1.54) is 45.0 Å². The fraction of sp³-hybridized carbons (Fsp3) is 0.350. The number of carbonyl (C=O) groups excluding carboxylic acids is 1. The lowest BCUT2D eigenvalue weighted by atomic mass is 10.3. The lowest BCUT2D eigenvalue weighted by Gasteiger charge is -2.33. The number of sulfonamides is 2. The van der Waals surface area contributed by atoms with Crippen LogP contribution in [0.5, 0.6) is 0 Å². The Labute approximate surface area is 187 Å². The lowest BCUT2D eigenvalue weighted by molar-refractivity contribution is -0.117. The molecule has 31 heavy (non-hydrogen) atoms. The van der Waals surface area contributed by atoms with Gasteiger partial charge in [-0.05, 0) is 55.0 Å². The molecule has 0 atom stereocenters. The van der Waals surface area contributed by atoms with Crippen molar-refractivity contribution in [3.8, 4) is 0 Å². The number of amides is 1. The Morgan fingerprint density at radius 3 is 1.55 bits per heavy atom. The van der Waals surface area contributed by atoms with E-state index in [2.05, 4.69) is 0 Å². The van der Waals surface area contributed by atoms with E-state index in [4.69, 9.17) is 11.6 Å². The molecule has 0 N–H and O–H groups in total. The third-order valence-electron chi connectivity index (χ3n) is 5.51. The maximum atomic E-state index is 13.0. The summed E-state index contributed by atoms with van der Waals surface area (Å²) in [5, 5.41) is 0.440. The molecule has 0 unspecified atom stereocenters. The third kappa shape index (κ3) is 4.35. The first kappa shape index (κ1) is 22.2. The van der Waals surface area contributed by atoms with Crippen molar-refractivity contribution in [3.63, 3.8) is 0 Å². The number of halogens is 1. The molecule has 2 aliphatic heterocycles. The van der Waals surface area contributed by atoms with E-state index in [0.717, 1.165) is 6.42 Å². The van der Waals surface area contributed by atoms with Crippen molar-refractivity contribution in [1.82, 2.24) is 8.61 Å². The van der Waals surface area contributed by atoms with Gasteiger partial charge in [0.05, 0.1) is 9.79 Å². The summed E-state index contributed by atoms with van der Waals surface area (Å²) in [6.45, 7) is 0.868. The minimum atomic E-state index is -3.76. The van der Waals surface area contributed by atoms with Crippen LogP contribution < -0.4 is 4.90 Å². The van der Waals surface area contributed by atoms with Gasteiger partial charge in [0, 0.05) is 49.9 Å². The predicted octanol–water partition coefficient (Wildman–Crippen LogP) is 2.16. The van der Waals surface area contributed by atoms with Crippen molar-refractivity contribution in [3.05, 3.63) is 53.6 Å². The second-order valence-corrected chi connectivity index (χ2v) is 11.7. The van der Waals surface area contributed by atoms with Crippen LogP contribution >= 0.6 is 11.6 Å². The highest BCUT2D eigenvalue weighted by Gasteiger charge is 2.34. The molecule has 0 bridgehead atoms. The molecule has 2 heterocycles. The van der Waals surface area contributed by atoms with E-state index in [9.17, 15) is 21.6 Å². The number of piperazine rings is 1. The molecule has 2 fully saturated rings. The summed E-state index contributed by atoms with van der Waals surface area (Å²) in [7, 11) is -7.48. The van der Waals surface area contributed by atoms with Crippen LogP contribution in [0.15, 0.2) is 58.3 Å². The van der Waals surface area contributed by atoms with E-state index in [1.54, 1.807) is 17.0 Å². The Hall–Kier alpha value is -1.98. The number of nitrogens with zero attached hydrogens (tertiary/aromatic N) is 3. The van der Waals surface area contributed by atoms with Crippen LogP contribution in [0.3, 0.4) is 0 Å². The van der Waals surface area contributed by atoms with Gasteiger partial charge >= 0.3 is 0 Å². The topological polar surface area (TPSA) is 95.1 Å².